The van der Waals surface area contributed by atoms with Crippen LogP contribution in [0, 0.1) is 0 Å². The minimum atomic E-state index is -0.950. The highest BCUT2D eigenvalue weighted by molar-refractivity contribution is 6.06. The Bertz CT molecular complexity index is 798. The predicted molar refractivity (Wildman–Crippen MR) is 95.3 cm³/mol. The monoisotopic (exact) mass is 345 g/mol. The van der Waals surface area contributed by atoms with Crippen molar-refractivity contribution in [3.05, 3.63) is 30.0 Å². The van der Waals surface area contributed by atoms with Crippen LogP contribution in [-0.4, -0.2) is 58.8 Å². The highest BCUT2D eigenvalue weighted by Crippen LogP contribution is 2.30. The third kappa shape index (κ3) is 3.55. The summed E-state index contributed by atoms with van der Waals surface area (Å²) in [7, 11) is 0. The van der Waals surface area contributed by atoms with Crippen LogP contribution in [0.25, 0.3) is 10.9 Å². The second-order valence-corrected chi connectivity index (χ2v) is 7.16. The van der Waals surface area contributed by atoms with Gasteiger partial charge in [-0.15, -0.1) is 0 Å². The number of carbonyl (C=O) groups excluding carboxylic acids is 1. The Balaban J connectivity index is 1.75. The van der Waals surface area contributed by atoms with Gasteiger partial charge in [0.15, 0.2) is 0 Å². The van der Waals surface area contributed by atoms with E-state index in [4.69, 9.17) is 4.74 Å². The number of carbonyl (C=O) groups is 2. The quantitative estimate of drug-likeness (QED) is 0.874. The van der Waals surface area contributed by atoms with Crippen LogP contribution < -0.4 is 4.90 Å². The van der Waals surface area contributed by atoms with E-state index in [0.717, 1.165) is 11.1 Å². The van der Waals surface area contributed by atoms with Crippen molar-refractivity contribution >= 4 is 28.7 Å². The van der Waals surface area contributed by atoms with Gasteiger partial charge >= 0.3 is 12.1 Å². The summed E-state index contributed by atoms with van der Waals surface area (Å²) in [6.07, 6.45) is 1.46. The SMILES string of the molecule is CC(C)(C)OC(=O)N1CCN(c2ccc(C(=O)O)c3[nH]ccc23)CC1. The summed E-state index contributed by atoms with van der Waals surface area (Å²) in [6, 6.07) is 5.34. The van der Waals surface area contributed by atoms with E-state index in [0.29, 0.717) is 31.7 Å². The molecule has 1 aromatic heterocycles. The van der Waals surface area contributed by atoms with Crippen molar-refractivity contribution in [1.82, 2.24) is 9.88 Å². The summed E-state index contributed by atoms with van der Waals surface area (Å²) in [5.41, 5.74) is 1.36. The van der Waals surface area contributed by atoms with Gasteiger partial charge < -0.3 is 24.6 Å². The smallest absolute Gasteiger partial charge is 0.410 e. The highest BCUT2D eigenvalue weighted by atomic mass is 16.6. The Labute approximate surface area is 146 Å². The van der Waals surface area contributed by atoms with Crippen LogP contribution in [0.4, 0.5) is 10.5 Å². The Kier molecular flexibility index (Phi) is 4.32. The predicted octanol–water partition coefficient (Wildman–Crippen LogP) is 2.92. The topological polar surface area (TPSA) is 85.9 Å². The largest absolute Gasteiger partial charge is 0.478 e. The lowest BCUT2D eigenvalue weighted by atomic mass is 10.1. The van der Waals surface area contributed by atoms with Crippen molar-refractivity contribution in [3.63, 3.8) is 0 Å². The molecule has 7 nitrogen and oxygen atoms in total. The van der Waals surface area contributed by atoms with Crippen molar-refractivity contribution in [2.75, 3.05) is 31.1 Å². The summed E-state index contributed by atoms with van der Waals surface area (Å²) >= 11 is 0. The van der Waals surface area contributed by atoms with Gasteiger partial charge in [0.05, 0.1) is 11.1 Å². The zero-order valence-electron chi connectivity index (χ0n) is 14.7. The van der Waals surface area contributed by atoms with Gasteiger partial charge in [-0.1, -0.05) is 0 Å². The zero-order valence-corrected chi connectivity index (χ0v) is 14.7. The van der Waals surface area contributed by atoms with E-state index in [2.05, 4.69) is 9.88 Å². The normalized spacial score (nSPS) is 15.5. The number of hydrogen-bond donors (Lipinski definition) is 2. The molecule has 2 N–H and O–H groups in total. The summed E-state index contributed by atoms with van der Waals surface area (Å²) in [4.78, 5) is 30.4. The van der Waals surface area contributed by atoms with Gasteiger partial charge in [0, 0.05) is 43.4 Å². The lowest BCUT2D eigenvalue weighted by Gasteiger charge is -2.37. The number of piperazine rings is 1. The number of anilines is 1. The molecule has 7 heteroatoms. The standard InChI is InChI=1S/C18H23N3O4/c1-18(2,3)25-17(24)21-10-8-20(9-11-21)14-5-4-13(16(22)23)15-12(14)6-7-19-15/h4-7,19H,8-11H2,1-3H3,(H,22,23). The van der Waals surface area contributed by atoms with Gasteiger partial charge in [0.25, 0.3) is 0 Å². The summed E-state index contributed by atoms with van der Waals surface area (Å²) < 4.78 is 5.42. The molecule has 0 saturated carbocycles. The first-order valence-electron chi connectivity index (χ1n) is 8.32. The van der Waals surface area contributed by atoms with E-state index in [1.165, 1.54) is 0 Å². The number of carboxylic acid groups (broad SMARTS) is 1. The number of amides is 1. The van der Waals surface area contributed by atoms with E-state index in [9.17, 15) is 14.7 Å². The maximum absolute atomic E-state index is 12.2. The van der Waals surface area contributed by atoms with E-state index < -0.39 is 11.6 Å². The second kappa shape index (κ2) is 6.31. The van der Waals surface area contributed by atoms with Crippen LogP contribution >= 0.6 is 0 Å². The molecular formula is C18H23N3O4. The van der Waals surface area contributed by atoms with Crippen molar-refractivity contribution < 1.29 is 19.4 Å². The molecule has 1 aromatic carbocycles. The van der Waals surface area contributed by atoms with Gasteiger partial charge in [-0.2, -0.15) is 0 Å². The molecule has 1 saturated heterocycles. The number of rotatable bonds is 2. The van der Waals surface area contributed by atoms with E-state index in [1.807, 2.05) is 32.9 Å². The molecule has 0 unspecified atom stereocenters. The number of fused-ring (bicyclic) bond motifs is 1. The fourth-order valence-electron chi connectivity index (χ4n) is 3.05. The molecule has 2 heterocycles. The molecule has 25 heavy (non-hydrogen) atoms. The lowest BCUT2D eigenvalue weighted by Crippen LogP contribution is -2.50. The fraction of sp³-hybridized carbons (Fsp3) is 0.444. The average molecular weight is 345 g/mol. The summed E-state index contributed by atoms with van der Waals surface area (Å²) in [5.74, 6) is -0.950. The molecule has 0 radical (unpaired) electrons. The molecular weight excluding hydrogens is 322 g/mol. The molecule has 134 valence electrons. The van der Waals surface area contributed by atoms with Crippen LogP contribution in [0.15, 0.2) is 24.4 Å². The maximum atomic E-state index is 12.2. The number of H-pyrrole nitrogens is 1. The number of aromatic carboxylic acids is 1. The number of carboxylic acids is 1. The Morgan fingerprint density at radius 3 is 2.40 bits per heavy atom. The first-order chi connectivity index (χ1) is 11.8. The molecule has 1 aliphatic heterocycles. The Morgan fingerprint density at radius 1 is 1.12 bits per heavy atom. The van der Waals surface area contributed by atoms with Crippen LogP contribution in [0.2, 0.25) is 0 Å². The summed E-state index contributed by atoms with van der Waals surface area (Å²) in [5, 5.41) is 10.2. The third-order valence-corrected chi connectivity index (χ3v) is 4.20. The number of nitrogens with zero attached hydrogens (tertiary/aromatic N) is 2. The molecule has 1 aliphatic rings. The maximum Gasteiger partial charge on any atom is 0.410 e. The molecule has 0 atom stereocenters. The number of aromatic amines is 1. The van der Waals surface area contributed by atoms with Crippen molar-refractivity contribution in [3.8, 4) is 0 Å². The van der Waals surface area contributed by atoms with Crippen LogP contribution in [0.5, 0.6) is 0 Å². The minimum Gasteiger partial charge on any atom is -0.478 e. The van der Waals surface area contributed by atoms with Crippen LogP contribution in [0.1, 0.15) is 31.1 Å². The first kappa shape index (κ1) is 17.1. The second-order valence-electron chi connectivity index (χ2n) is 7.16. The molecule has 1 amide bonds. The van der Waals surface area contributed by atoms with Crippen LogP contribution in [0.3, 0.4) is 0 Å². The third-order valence-electron chi connectivity index (χ3n) is 4.20. The number of ether oxygens (including phenoxy) is 1. The average Bonchev–Trinajstić information content (AvgIpc) is 3.01. The molecule has 0 bridgehead atoms. The zero-order chi connectivity index (χ0) is 18.2. The van der Waals surface area contributed by atoms with E-state index in [1.54, 1.807) is 17.2 Å². The van der Waals surface area contributed by atoms with Crippen molar-refractivity contribution in [2.45, 2.75) is 26.4 Å². The molecule has 0 aliphatic carbocycles. The van der Waals surface area contributed by atoms with Gasteiger partial charge in [-0.3, -0.25) is 0 Å². The number of benzene rings is 1. The Hall–Kier alpha value is -2.70. The fourth-order valence-corrected chi connectivity index (χ4v) is 3.05. The van der Waals surface area contributed by atoms with Crippen molar-refractivity contribution in [2.24, 2.45) is 0 Å². The van der Waals surface area contributed by atoms with Crippen molar-refractivity contribution in [1.29, 1.82) is 0 Å². The van der Waals surface area contributed by atoms with Gasteiger partial charge in [-0.05, 0) is 39.0 Å². The van der Waals surface area contributed by atoms with Gasteiger partial charge in [-0.25, -0.2) is 9.59 Å². The number of aromatic nitrogens is 1. The summed E-state index contributed by atoms with van der Waals surface area (Å²) in [6.45, 7) is 8.05. The molecule has 2 aromatic rings. The van der Waals surface area contributed by atoms with Gasteiger partial charge in [0.2, 0.25) is 0 Å². The minimum absolute atomic E-state index is 0.260. The van der Waals surface area contributed by atoms with E-state index in [-0.39, 0.29) is 11.7 Å². The lowest BCUT2D eigenvalue weighted by molar-refractivity contribution is 0.0240. The number of nitrogens with one attached hydrogen (secondary N) is 1. The molecule has 0 spiro atoms. The Morgan fingerprint density at radius 2 is 1.80 bits per heavy atom. The highest BCUT2D eigenvalue weighted by Gasteiger charge is 2.27. The van der Waals surface area contributed by atoms with Gasteiger partial charge in [0.1, 0.15) is 5.60 Å². The first-order valence-corrected chi connectivity index (χ1v) is 8.32. The van der Waals surface area contributed by atoms with E-state index >= 15 is 0 Å². The number of hydrogen-bond acceptors (Lipinski definition) is 4. The molecule has 3 rings (SSSR count). The molecule has 1 fully saturated rings. The van der Waals surface area contributed by atoms with Crippen LogP contribution in [-0.2, 0) is 4.74 Å².